The SMILES string of the molecule is CCOC(=O)c1c(-c2ccccc2OC)c2n(c1C)-c1ccccc1C2=O. The molecule has 2 heterocycles. The van der Waals surface area contributed by atoms with Crippen LogP contribution in [0.3, 0.4) is 0 Å². The predicted octanol–water partition coefficient (Wildman–Crippen LogP) is 4.18. The van der Waals surface area contributed by atoms with E-state index in [0.717, 1.165) is 5.69 Å². The molecule has 0 fully saturated rings. The molecule has 1 aliphatic rings. The van der Waals surface area contributed by atoms with Gasteiger partial charge in [0.05, 0.1) is 25.0 Å². The first-order valence-electron chi connectivity index (χ1n) is 8.80. The first-order valence-corrected chi connectivity index (χ1v) is 8.80. The second-order valence-corrected chi connectivity index (χ2v) is 6.29. The van der Waals surface area contributed by atoms with Crippen LogP contribution < -0.4 is 4.74 Å². The van der Waals surface area contributed by atoms with E-state index < -0.39 is 5.97 Å². The molecule has 0 atom stereocenters. The van der Waals surface area contributed by atoms with Gasteiger partial charge < -0.3 is 14.0 Å². The van der Waals surface area contributed by atoms with Gasteiger partial charge in [-0.3, -0.25) is 4.79 Å². The number of ketones is 1. The zero-order valence-corrected chi connectivity index (χ0v) is 15.4. The number of ether oxygens (including phenoxy) is 2. The highest BCUT2D eigenvalue weighted by atomic mass is 16.5. The van der Waals surface area contributed by atoms with Crippen molar-refractivity contribution in [3.63, 3.8) is 0 Å². The van der Waals surface area contributed by atoms with Crippen molar-refractivity contribution < 1.29 is 19.1 Å². The molecule has 136 valence electrons. The third-order valence-electron chi connectivity index (χ3n) is 4.87. The molecule has 0 saturated heterocycles. The molecule has 5 heteroatoms. The maximum Gasteiger partial charge on any atom is 0.340 e. The van der Waals surface area contributed by atoms with Gasteiger partial charge in [0.15, 0.2) is 0 Å². The summed E-state index contributed by atoms with van der Waals surface area (Å²) in [5.74, 6) is 0.0495. The molecule has 0 aliphatic carbocycles. The van der Waals surface area contributed by atoms with Gasteiger partial charge in [-0.25, -0.2) is 4.79 Å². The minimum Gasteiger partial charge on any atom is -0.496 e. The minimum absolute atomic E-state index is 0.106. The maximum absolute atomic E-state index is 13.2. The van der Waals surface area contributed by atoms with Crippen molar-refractivity contribution >= 4 is 11.8 Å². The highest BCUT2D eigenvalue weighted by molar-refractivity contribution is 6.20. The Labute approximate surface area is 157 Å². The van der Waals surface area contributed by atoms with E-state index in [1.54, 1.807) is 20.1 Å². The van der Waals surface area contributed by atoms with E-state index in [-0.39, 0.29) is 12.4 Å². The van der Waals surface area contributed by atoms with Gasteiger partial charge >= 0.3 is 5.97 Å². The van der Waals surface area contributed by atoms with E-state index >= 15 is 0 Å². The molecule has 0 N–H and O–H groups in total. The largest absolute Gasteiger partial charge is 0.496 e. The molecule has 0 bridgehead atoms. The van der Waals surface area contributed by atoms with Gasteiger partial charge in [0, 0.05) is 22.4 Å². The summed E-state index contributed by atoms with van der Waals surface area (Å²) in [7, 11) is 1.57. The van der Waals surface area contributed by atoms with Gasteiger partial charge in [-0.1, -0.05) is 30.3 Å². The Kier molecular flexibility index (Phi) is 4.07. The molecule has 0 unspecified atom stereocenters. The lowest BCUT2D eigenvalue weighted by molar-refractivity contribution is 0.0526. The number of hydrogen-bond acceptors (Lipinski definition) is 4. The van der Waals surface area contributed by atoms with Crippen LogP contribution in [0.2, 0.25) is 0 Å². The molecule has 0 spiro atoms. The Balaban J connectivity index is 2.10. The monoisotopic (exact) mass is 361 g/mol. The van der Waals surface area contributed by atoms with Crippen LogP contribution in [0.25, 0.3) is 16.8 Å². The molecular formula is C22H19NO4. The van der Waals surface area contributed by atoms with Crippen LogP contribution in [0.4, 0.5) is 0 Å². The summed E-state index contributed by atoms with van der Waals surface area (Å²) >= 11 is 0. The van der Waals surface area contributed by atoms with Crippen LogP contribution in [0.5, 0.6) is 5.75 Å². The van der Waals surface area contributed by atoms with Crippen LogP contribution in [0, 0.1) is 6.92 Å². The minimum atomic E-state index is -0.442. The van der Waals surface area contributed by atoms with Crippen LogP contribution in [-0.2, 0) is 4.74 Å². The predicted molar refractivity (Wildman–Crippen MR) is 102 cm³/mol. The molecule has 4 rings (SSSR count). The molecule has 3 aromatic rings. The zero-order chi connectivity index (χ0) is 19.1. The first kappa shape index (κ1) is 17.1. The Bertz CT molecular complexity index is 1080. The fourth-order valence-electron chi connectivity index (χ4n) is 3.76. The summed E-state index contributed by atoms with van der Waals surface area (Å²) in [6.45, 7) is 3.86. The fourth-order valence-corrected chi connectivity index (χ4v) is 3.76. The van der Waals surface area contributed by atoms with Gasteiger partial charge in [0.2, 0.25) is 5.78 Å². The Morgan fingerprint density at radius 3 is 2.41 bits per heavy atom. The van der Waals surface area contributed by atoms with E-state index in [2.05, 4.69) is 0 Å². The van der Waals surface area contributed by atoms with Gasteiger partial charge in [-0.2, -0.15) is 0 Å². The maximum atomic E-state index is 13.2. The number of aromatic nitrogens is 1. The average molecular weight is 361 g/mol. The van der Waals surface area contributed by atoms with E-state index in [1.807, 2.05) is 54.0 Å². The van der Waals surface area contributed by atoms with Gasteiger partial charge in [0.25, 0.3) is 0 Å². The lowest BCUT2D eigenvalue weighted by atomic mass is 9.96. The Morgan fingerprint density at radius 2 is 1.70 bits per heavy atom. The summed E-state index contributed by atoms with van der Waals surface area (Å²) in [5, 5.41) is 0. The van der Waals surface area contributed by atoms with Crippen molar-refractivity contribution in [2.75, 3.05) is 13.7 Å². The topological polar surface area (TPSA) is 57.5 Å². The van der Waals surface area contributed by atoms with Gasteiger partial charge in [-0.15, -0.1) is 0 Å². The second kappa shape index (κ2) is 6.43. The number of methoxy groups -OCH3 is 1. The summed E-state index contributed by atoms with van der Waals surface area (Å²) in [6.07, 6.45) is 0. The van der Waals surface area contributed by atoms with Crippen molar-refractivity contribution in [1.82, 2.24) is 4.57 Å². The van der Waals surface area contributed by atoms with Crippen molar-refractivity contribution in [1.29, 1.82) is 0 Å². The summed E-state index contributed by atoms with van der Waals surface area (Å²) in [6, 6.07) is 14.8. The number of esters is 1. The van der Waals surface area contributed by atoms with Crippen molar-refractivity contribution in [2.45, 2.75) is 13.8 Å². The smallest absolute Gasteiger partial charge is 0.340 e. The number of carbonyl (C=O) groups is 2. The first-order chi connectivity index (χ1) is 13.1. The van der Waals surface area contributed by atoms with Gasteiger partial charge in [0.1, 0.15) is 11.4 Å². The lowest BCUT2D eigenvalue weighted by Gasteiger charge is -2.11. The van der Waals surface area contributed by atoms with Crippen LogP contribution >= 0.6 is 0 Å². The molecular weight excluding hydrogens is 342 g/mol. The van der Waals surface area contributed by atoms with Crippen molar-refractivity contribution in [2.24, 2.45) is 0 Å². The standard InChI is InChI=1S/C22H19NO4/c1-4-27-22(25)18-13(2)23-16-11-7-5-9-14(16)21(24)20(23)19(18)15-10-6-8-12-17(15)26-3/h5-12H,4H2,1-3H3. The summed E-state index contributed by atoms with van der Waals surface area (Å²) in [5.41, 5.74) is 4.22. The highest BCUT2D eigenvalue weighted by Crippen LogP contribution is 2.44. The number of fused-ring (bicyclic) bond motifs is 3. The van der Waals surface area contributed by atoms with Gasteiger partial charge in [-0.05, 0) is 32.0 Å². The van der Waals surface area contributed by atoms with Crippen molar-refractivity contribution in [3.05, 3.63) is 71.0 Å². The second-order valence-electron chi connectivity index (χ2n) is 6.29. The van der Waals surface area contributed by atoms with E-state index in [1.165, 1.54) is 0 Å². The molecule has 0 saturated carbocycles. The normalized spacial score (nSPS) is 11.9. The van der Waals surface area contributed by atoms with Crippen molar-refractivity contribution in [3.8, 4) is 22.6 Å². The van der Waals surface area contributed by atoms with E-state index in [9.17, 15) is 9.59 Å². The third-order valence-corrected chi connectivity index (χ3v) is 4.87. The molecule has 5 nitrogen and oxygen atoms in total. The van der Waals surface area contributed by atoms with Crippen LogP contribution in [0.15, 0.2) is 48.5 Å². The number of hydrogen-bond donors (Lipinski definition) is 0. The number of carbonyl (C=O) groups excluding carboxylic acids is 2. The van der Waals surface area contributed by atoms with Crippen LogP contribution in [-0.4, -0.2) is 30.0 Å². The lowest BCUT2D eigenvalue weighted by Crippen LogP contribution is -2.09. The van der Waals surface area contributed by atoms with E-state index in [4.69, 9.17) is 9.47 Å². The van der Waals surface area contributed by atoms with Crippen LogP contribution in [0.1, 0.15) is 39.0 Å². The quantitative estimate of drug-likeness (QED) is 0.512. The molecule has 1 aromatic heterocycles. The molecule has 2 aromatic carbocycles. The summed E-state index contributed by atoms with van der Waals surface area (Å²) in [4.78, 5) is 26.0. The Hall–Kier alpha value is -3.34. The fraction of sp³-hybridized carbons (Fsp3) is 0.182. The molecule has 27 heavy (non-hydrogen) atoms. The zero-order valence-electron chi connectivity index (χ0n) is 15.4. The number of benzene rings is 2. The average Bonchev–Trinajstić information content (AvgIpc) is 3.15. The number of rotatable bonds is 4. The molecule has 0 radical (unpaired) electrons. The molecule has 1 aliphatic heterocycles. The third kappa shape index (κ3) is 2.39. The molecule has 0 amide bonds. The Morgan fingerprint density at radius 1 is 1.04 bits per heavy atom. The number of nitrogens with zero attached hydrogens (tertiary/aromatic N) is 1. The number of para-hydroxylation sites is 2. The highest BCUT2D eigenvalue weighted by Gasteiger charge is 2.37. The summed E-state index contributed by atoms with van der Waals surface area (Å²) < 4.78 is 12.7. The van der Waals surface area contributed by atoms with E-state index in [0.29, 0.717) is 39.4 Å².